The average Bonchev–Trinajstić information content (AvgIpc) is 2.46. The molecule has 0 bridgehead atoms. The lowest BCUT2D eigenvalue weighted by Crippen LogP contribution is -2.49. The molecule has 0 spiro atoms. The molecule has 3 atom stereocenters. The Bertz CT molecular complexity index is 292. The van der Waals surface area contributed by atoms with Crippen LogP contribution in [0.4, 0.5) is 0 Å². The van der Waals surface area contributed by atoms with E-state index in [-0.39, 0.29) is 0 Å². The number of nitrogens with two attached hydrogens (primary N) is 1. The number of hydrogen-bond acceptors (Lipinski definition) is 2. The van der Waals surface area contributed by atoms with Gasteiger partial charge >= 0.3 is 0 Å². The second-order valence-corrected chi connectivity index (χ2v) is 8.22. The Labute approximate surface area is 132 Å². The van der Waals surface area contributed by atoms with Crippen LogP contribution in [0.25, 0.3) is 0 Å². The topological polar surface area (TPSA) is 29.3 Å². The van der Waals surface area contributed by atoms with Crippen molar-refractivity contribution in [3.8, 4) is 0 Å². The summed E-state index contributed by atoms with van der Waals surface area (Å²) in [5, 5.41) is 0. The Morgan fingerprint density at radius 2 is 1.62 bits per heavy atom. The highest BCUT2D eigenvalue weighted by Gasteiger charge is 2.38. The molecule has 2 rings (SSSR count). The highest BCUT2D eigenvalue weighted by Crippen LogP contribution is 2.43. The third-order valence-electron chi connectivity index (χ3n) is 6.63. The van der Waals surface area contributed by atoms with Crippen LogP contribution in [-0.4, -0.2) is 30.6 Å². The molecular weight excluding hydrogens is 256 g/mol. The molecule has 2 heteroatoms. The normalized spacial score (nSPS) is 33.4. The zero-order chi connectivity index (χ0) is 15.3. The van der Waals surface area contributed by atoms with Gasteiger partial charge in [0.1, 0.15) is 0 Å². The monoisotopic (exact) mass is 294 g/mol. The fraction of sp³-hybridized carbons (Fsp3) is 1.00. The third-order valence-corrected chi connectivity index (χ3v) is 6.63. The fourth-order valence-electron chi connectivity index (χ4n) is 4.53. The number of hydrogen-bond donors (Lipinski definition) is 1. The third kappa shape index (κ3) is 4.45. The summed E-state index contributed by atoms with van der Waals surface area (Å²) in [7, 11) is 0. The van der Waals surface area contributed by atoms with E-state index in [1.165, 1.54) is 70.9 Å². The summed E-state index contributed by atoms with van der Waals surface area (Å²) >= 11 is 0. The van der Waals surface area contributed by atoms with Crippen LogP contribution in [0, 0.1) is 17.3 Å². The van der Waals surface area contributed by atoms with Crippen LogP contribution >= 0.6 is 0 Å². The first kappa shape index (κ1) is 17.3. The van der Waals surface area contributed by atoms with Crippen molar-refractivity contribution in [2.24, 2.45) is 23.0 Å². The molecule has 1 saturated carbocycles. The minimum atomic E-state index is 0.501. The standard InChI is InChI=1S/C19H38N2/c1-4-19(2,3)17-11-10-16(15-20)18(14-17)21-12-8-6-5-7-9-13-21/h16-18H,4-15,20H2,1-3H3. The maximum absolute atomic E-state index is 6.13. The Morgan fingerprint density at radius 1 is 1.00 bits per heavy atom. The Hall–Kier alpha value is -0.0800. The van der Waals surface area contributed by atoms with Crippen molar-refractivity contribution in [1.29, 1.82) is 0 Å². The highest BCUT2D eigenvalue weighted by molar-refractivity contribution is 4.92. The second-order valence-electron chi connectivity index (χ2n) is 8.22. The average molecular weight is 295 g/mol. The van der Waals surface area contributed by atoms with E-state index in [2.05, 4.69) is 25.7 Å². The highest BCUT2D eigenvalue weighted by atomic mass is 15.2. The molecule has 0 aromatic rings. The van der Waals surface area contributed by atoms with Gasteiger partial charge in [-0.3, -0.25) is 0 Å². The SMILES string of the molecule is CCC(C)(C)C1CCC(CN)C(N2CCCCCCC2)C1. The molecule has 1 aliphatic heterocycles. The summed E-state index contributed by atoms with van der Waals surface area (Å²) < 4.78 is 0. The lowest BCUT2D eigenvalue weighted by molar-refractivity contribution is 0.0336. The van der Waals surface area contributed by atoms with Gasteiger partial charge in [0.05, 0.1) is 0 Å². The van der Waals surface area contributed by atoms with E-state index in [1.807, 2.05) is 0 Å². The summed E-state index contributed by atoms with van der Waals surface area (Å²) in [6.45, 7) is 10.8. The lowest BCUT2D eigenvalue weighted by atomic mass is 9.65. The van der Waals surface area contributed by atoms with Gasteiger partial charge in [-0.05, 0) is 69.0 Å². The first-order valence-corrected chi connectivity index (χ1v) is 9.52. The molecule has 3 unspecified atom stereocenters. The molecule has 2 N–H and O–H groups in total. The molecule has 2 aliphatic rings. The predicted molar refractivity (Wildman–Crippen MR) is 92.4 cm³/mol. The smallest absolute Gasteiger partial charge is 0.0138 e. The van der Waals surface area contributed by atoms with Crippen LogP contribution in [0.2, 0.25) is 0 Å². The minimum absolute atomic E-state index is 0.501. The lowest BCUT2D eigenvalue weighted by Gasteiger charge is -2.47. The van der Waals surface area contributed by atoms with Gasteiger partial charge in [0.15, 0.2) is 0 Å². The zero-order valence-electron chi connectivity index (χ0n) is 14.7. The van der Waals surface area contributed by atoms with Gasteiger partial charge in [0, 0.05) is 6.04 Å². The van der Waals surface area contributed by atoms with Crippen LogP contribution in [0.5, 0.6) is 0 Å². The molecule has 2 nitrogen and oxygen atoms in total. The van der Waals surface area contributed by atoms with E-state index in [0.717, 1.165) is 24.4 Å². The maximum atomic E-state index is 6.13. The summed E-state index contributed by atoms with van der Waals surface area (Å²) in [6, 6.07) is 0.762. The van der Waals surface area contributed by atoms with Crippen molar-refractivity contribution in [3.05, 3.63) is 0 Å². The van der Waals surface area contributed by atoms with Crippen molar-refractivity contribution in [1.82, 2.24) is 4.90 Å². The molecule has 2 fully saturated rings. The largest absolute Gasteiger partial charge is 0.330 e. The number of rotatable bonds is 4. The number of likely N-dealkylation sites (tertiary alicyclic amines) is 1. The van der Waals surface area contributed by atoms with Gasteiger partial charge in [0.25, 0.3) is 0 Å². The quantitative estimate of drug-likeness (QED) is 0.831. The van der Waals surface area contributed by atoms with Crippen molar-refractivity contribution in [3.63, 3.8) is 0 Å². The van der Waals surface area contributed by atoms with E-state index in [4.69, 9.17) is 5.73 Å². The van der Waals surface area contributed by atoms with Gasteiger partial charge in [0.2, 0.25) is 0 Å². The molecule has 1 aliphatic carbocycles. The molecule has 1 heterocycles. The maximum Gasteiger partial charge on any atom is 0.0138 e. The van der Waals surface area contributed by atoms with E-state index >= 15 is 0 Å². The molecule has 0 radical (unpaired) electrons. The second kappa shape index (κ2) is 7.97. The van der Waals surface area contributed by atoms with Crippen LogP contribution in [-0.2, 0) is 0 Å². The molecule has 0 aromatic carbocycles. The first-order valence-electron chi connectivity index (χ1n) is 9.52. The molecule has 21 heavy (non-hydrogen) atoms. The van der Waals surface area contributed by atoms with Crippen LogP contribution < -0.4 is 5.73 Å². The van der Waals surface area contributed by atoms with Gasteiger partial charge in [-0.1, -0.05) is 46.5 Å². The summed E-state index contributed by atoms with van der Waals surface area (Å²) in [5.74, 6) is 1.63. The van der Waals surface area contributed by atoms with Gasteiger partial charge in [-0.15, -0.1) is 0 Å². The van der Waals surface area contributed by atoms with Crippen molar-refractivity contribution in [2.75, 3.05) is 19.6 Å². The summed E-state index contributed by atoms with van der Waals surface area (Å²) in [5.41, 5.74) is 6.63. The number of nitrogens with zero attached hydrogens (tertiary/aromatic N) is 1. The first-order chi connectivity index (χ1) is 10.1. The predicted octanol–water partition coefficient (Wildman–Crippen LogP) is 4.43. The van der Waals surface area contributed by atoms with Crippen LogP contribution in [0.3, 0.4) is 0 Å². The molecular formula is C19H38N2. The molecule has 1 saturated heterocycles. The van der Waals surface area contributed by atoms with Gasteiger partial charge in [-0.25, -0.2) is 0 Å². The van der Waals surface area contributed by atoms with Crippen molar-refractivity contribution >= 4 is 0 Å². The Morgan fingerprint density at radius 3 is 2.19 bits per heavy atom. The molecule has 0 amide bonds. The minimum Gasteiger partial charge on any atom is -0.330 e. The molecule has 0 aromatic heterocycles. The van der Waals surface area contributed by atoms with E-state index in [0.29, 0.717) is 5.41 Å². The van der Waals surface area contributed by atoms with Gasteiger partial charge < -0.3 is 10.6 Å². The Kier molecular flexibility index (Phi) is 6.55. The van der Waals surface area contributed by atoms with Gasteiger partial charge in [-0.2, -0.15) is 0 Å². The van der Waals surface area contributed by atoms with E-state index in [9.17, 15) is 0 Å². The molecule has 124 valence electrons. The summed E-state index contributed by atoms with van der Waals surface area (Å²) in [6.07, 6.45) is 12.6. The zero-order valence-corrected chi connectivity index (χ0v) is 14.7. The van der Waals surface area contributed by atoms with E-state index in [1.54, 1.807) is 0 Å². The van der Waals surface area contributed by atoms with Crippen LogP contribution in [0.1, 0.15) is 78.6 Å². The van der Waals surface area contributed by atoms with Crippen molar-refractivity contribution < 1.29 is 0 Å². The fourth-order valence-corrected chi connectivity index (χ4v) is 4.53. The van der Waals surface area contributed by atoms with E-state index < -0.39 is 0 Å². The van der Waals surface area contributed by atoms with Crippen LogP contribution in [0.15, 0.2) is 0 Å². The summed E-state index contributed by atoms with van der Waals surface area (Å²) in [4.78, 5) is 2.83. The Balaban J connectivity index is 2.04. The van der Waals surface area contributed by atoms with Crippen molar-refractivity contribution in [2.45, 2.75) is 84.6 Å².